The summed E-state index contributed by atoms with van der Waals surface area (Å²) in [7, 11) is 4.82. The smallest absolute Gasteiger partial charge is 0.203 e. The van der Waals surface area contributed by atoms with Gasteiger partial charge in [-0.2, -0.15) is 0 Å². The van der Waals surface area contributed by atoms with E-state index in [2.05, 4.69) is 5.32 Å². The Morgan fingerprint density at radius 1 is 1.11 bits per heavy atom. The Bertz CT molecular complexity index is 383. The van der Waals surface area contributed by atoms with Gasteiger partial charge in [0, 0.05) is 13.1 Å². The Morgan fingerprint density at radius 2 is 1.74 bits per heavy atom. The van der Waals surface area contributed by atoms with Crippen LogP contribution in [0.5, 0.6) is 17.2 Å². The lowest BCUT2D eigenvalue weighted by molar-refractivity contribution is 0.0274. The first-order valence-corrected chi connectivity index (χ1v) is 5.92. The molecule has 1 heterocycles. The third-order valence-electron chi connectivity index (χ3n) is 2.99. The highest BCUT2D eigenvalue weighted by molar-refractivity contribution is 5.85. The van der Waals surface area contributed by atoms with Gasteiger partial charge < -0.3 is 24.3 Å². The highest BCUT2D eigenvalue weighted by atomic mass is 35.5. The van der Waals surface area contributed by atoms with Crippen molar-refractivity contribution in [1.82, 2.24) is 5.32 Å². The van der Waals surface area contributed by atoms with Crippen molar-refractivity contribution in [3.63, 3.8) is 0 Å². The van der Waals surface area contributed by atoms with Gasteiger partial charge in [0.05, 0.1) is 34.0 Å². The summed E-state index contributed by atoms with van der Waals surface area (Å²) in [5.74, 6) is 1.91. The normalized spacial score (nSPS) is 18.4. The number of ether oxygens (including phenoxy) is 4. The number of hydrogen-bond donors (Lipinski definition) is 1. The minimum Gasteiger partial charge on any atom is -0.493 e. The number of halogens is 1. The van der Waals surface area contributed by atoms with Crippen molar-refractivity contribution < 1.29 is 18.9 Å². The molecule has 19 heavy (non-hydrogen) atoms. The Labute approximate surface area is 119 Å². The molecule has 0 saturated carbocycles. The predicted molar refractivity (Wildman–Crippen MR) is 74.9 cm³/mol. The molecule has 0 bridgehead atoms. The molecule has 1 aliphatic rings. The molecular weight excluding hydrogens is 270 g/mol. The zero-order valence-corrected chi connectivity index (χ0v) is 12.2. The first-order chi connectivity index (χ1) is 8.80. The van der Waals surface area contributed by atoms with Gasteiger partial charge in [0.25, 0.3) is 0 Å². The van der Waals surface area contributed by atoms with Gasteiger partial charge in [0.15, 0.2) is 11.5 Å². The SMILES string of the molecule is COc1cc(C2CNCCO2)cc(OC)c1OC.Cl. The van der Waals surface area contributed by atoms with Crippen LogP contribution < -0.4 is 19.5 Å². The summed E-state index contributed by atoms with van der Waals surface area (Å²) < 4.78 is 21.7. The van der Waals surface area contributed by atoms with Crippen LogP contribution in [0.4, 0.5) is 0 Å². The molecule has 1 atom stereocenters. The zero-order chi connectivity index (χ0) is 13.0. The van der Waals surface area contributed by atoms with E-state index in [1.54, 1.807) is 21.3 Å². The van der Waals surface area contributed by atoms with E-state index < -0.39 is 0 Å². The number of nitrogens with one attached hydrogen (secondary N) is 1. The van der Waals surface area contributed by atoms with Crippen LogP contribution in [0.25, 0.3) is 0 Å². The number of methoxy groups -OCH3 is 3. The lowest BCUT2D eigenvalue weighted by Gasteiger charge is -2.25. The predicted octanol–water partition coefficient (Wildman–Crippen LogP) is 1.80. The van der Waals surface area contributed by atoms with Gasteiger partial charge in [0.2, 0.25) is 5.75 Å². The van der Waals surface area contributed by atoms with Crippen molar-refractivity contribution in [2.75, 3.05) is 41.0 Å². The van der Waals surface area contributed by atoms with E-state index >= 15 is 0 Å². The molecule has 108 valence electrons. The van der Waals surface area contributed by atoms with Crippen LogP contribution >= 0.6 is 12.4 Å². The average molecular weight is 290 g/mol. The molecule has 1 saturated heterocycles. The molecule has 0 aromatic heterocycles. The van der Waals surface area contributed by atoms with Crippen LogP contribution in [0.2, 0.25) is 0 Å². The fourth-order valence-corrected chi connectivity index (χ4v) is 2.07. The molecule has 0 aliphatic carbocycles. The molecule has 0 spiro atoms. The van der Waals surface area contributed by atoms with E-state index in [0.29, 0.717) is 23.9 Å². The van der Waals surface area contributed by atoms with Crippen molar-refractivity contribution in [1.29, 1.82) is 0 Å². The van der Waals surface area contributed by atoms with Gasteiger partial charge in [-0.15, -0.1) is 12.4 Å². The van der Waals surface area contributed by atoms with Crippen LogP contribution in [-0.2, 0) is 4.74 Å². The van der Waals surface area contributed by atoms with E-state index in [1.165, 1.54) is 0 Å². The molecule has 2 rings (SSSR count). The van der Waals surface area contributed by atoms with Gasteiger partial charge in [0.1, 0.15) is 0 Å². The number of hydrogen-bond acceptors (Lipinski definition) is 5. The molecule has 1 aliphatic heterocycles. The van der Waals surface area contributed by atoms with E-state index in [9.17, 15) is 0 Å². The quantitative estimate of drug-likeness (QED) is 0.916. The van der Waals surface area contributed by atoms with E-state index in [1.807, 2.05) is 12.1 Å². The molecule has 1 aromatic rings. The summed E-state index contributed by atoms with van der Waals surface area (Å²) in [5.41, 5.74) is 1.02. The summed E-state index contributed by atoms with van der Waals surface area (Å²) in [6.45, 7) is 2.39. The largest absolute Gasteiger partial charge is 0.493 e. The second-order valence-electron chi connectivity index (χ2n) is 4.02. The van der Waals surface area contributed by atoms with Crippen molar-refractivity contribution in [2.45, 2.75) is 6.10 Å². The molecule has 5 nitrogen and oxygen atoms in total. The highest BCUT2D eigenvalue weighted by Gasteiger charge is 2.20. The summed E-state index contributed by atoms with van der Waals surface area (Å²) in [5, 5.41) is 3.30. The first kappa shape index (κ1) is 15.9. The molecule has 6 heteroatoms. The summed E-state index contributed by atoms with van der Waals surface area (Å²) in [6.07, 6.45) is 0.0208. The maximum absolute atomic E-state index is 5.72. The van der Waals surface area contributed by atoms with Crippen LogP contribution in [0.3, 0.4) is 0 Å². The number of rotatable bonds is 4. The third kappa shape index (κ3) is 3.43. The second-order valence-corrected chi connectivity index (χ2v) is 4.02. The molecule has 1 aromatic carbocycles. The van der Waals surface area contributed by atoms with Crippen LogP contribution in [0, 0.1) is 0 Å². The third-order valence-corrected chi connectivity index (χ3v) is 2.99. The van der Waals surface area contributed by atoms with Gasteiger partial charge in [-0.25, -0.2) is 0 Å². The molecule has 1 unspecified atom stereocenters. The average Bonchev–Trinajstić information content (AvgIpc) is 2.46. The van der Waals surface area contributed by atoms with Crippen molar-refractivity contribution in [2.24, 2.45) is 0 Å². The van der Waals surface area contributed by atoms with Crippen molar-refractivity contribution >= 4 is 12.4 Å². The molecule has 0 amide bonds. The second kappa shape index (κ2) is 7.43. The van der Waals surface area contributed by atoms with Crippen LogP contribution in [0.15, 0.2) is 12.1 Å². The Balaban J connectivity index is 0.00000180. The Kier molecular flexibility index (Phi) is 6.21. The van der Waals surface area contributed by atoms with Gasteiger partial charge in [-0.3, -0.25) is 0 Å². The van der Waals surface area contributed by atoms with Crippen LogP contribution in [0.1, 0.15) is 11.7 Å². The molecule has 1 fully saturated rings. The lowest BCUT2D eigenvalue weighted by Crippen LogP contribution is -2.33. The Hall–Kier alpha value is -1.17. The minimum atomic E-state index is 0. The summed E-state index contributed by atoms with van der Waals surface area (Å²) in [6, 6.07) is 3.86. The molecular formula is C13H20ClNO4. The van der Waals surface area contributed by atoms with E-state index in [4.69, 9.17) is 18.9 Å². The monoisotopic (exact) mass is 289 g/mol. The van der Waals surface area contributed by atoms with Gasteiger partial charge in [-0.05, 0) is 17.7 Å². The van der Waals surface area contributed by atoms with Crippen LogP contribution in [-0.4, -0.2) is 41.0 Å². The number of morpholine rings is 1. The first-order valence-electron chi connectivity index (χ1n) is 5.92. The summed E-state index contributed by atoms with van der Waals surface area (Å²) >= 11 is 0. The zero-order valence-electron chi connectivity index (χ0n) is 11.4. The van der Waals surface area contributed by atoms with Gasteiger partial charge >= 0.3 is 0 Å². The van der Waals surface area contributed by atoms with E-state index in [-0.39, 0.29) is 18.5 Å². The highest BCUT2D eigenvalue weighted by Crippen LogP contribution is 2.40. The summed E-state index contributed by atoms with van der Waals surface area (Å²) in [4.78, 5) is 0. The topological polar surface area (TPSA) is 49.0 Å². The maximum Gasteiger partial charge on any atom is 0.203 e. The van der Waals surface area contributed by atoms with Gasteiger partial charge in [-0.1, -0.05) is 0 Å². The molecule has 0 radical (unpaired) electrons. The lowest BCUT2D eigenvalue weighted by atomic mass is 10.1. The van der Waals surface area contributed by atoms with E-state index in [0.717, 1.165) is 18.7 Å². The molecule has 1 N–H and O–H groups in total. The van der Waals surface area contributed by atoms with Crippen molar-refractivity contribution in [3.05, 3.63) is 17.7 Å². The number of benzene rings is 1. The maximum atomic E-state index is 5.72. The standard InChI is InChI=1S/C13H19NO4.ClH/c1-15-10-6-9(12-8-14-4-5-18-12)7-11(16-2)13(10)17-3;/h6-7,12,14H,4-5,8H2,1-3H3;1H. The fraction of sp³-hybridized carbons (Fsp3) is 0.538. The fourth-order valence-electron chi connectivity index (χ4n) is 2.07. The minimum absolute atomic E-state index is 0. The van der Waals surface area contributed by atoms with Crippen molar-refractivity contribution in [3.8, 4) is 17.2 Å². The Morgan fingerprint density at radius 3 is 2.16 bits per heavy atom.